The Kier molecular flexibility index (Phi) is 48.1. The van der Waals surface area contributed by atoms with Gasteiger partial charge in [-0.1, -0.05) is 134 Å². The van der Waals surface area contributed by atoms with Crippen LogP contribution in [0.5, 0.6) is 0 Å². The van der Waals surface area contributed by atoms with Crippen LogP contribution in [0.3, 0.4) is 0 Å². The second-order valence-corrected chi connectivity index (χ2v) is 26.7. The van der Waals surface area contributed by atoms with Gasteiger partial charge in [-0.15, -0.1) is 0 Å². The third-order valence-corrected chi connectivity index (χ3v) is 16.7. The molecule has 0 saturated carbocycles. The number of amides is 11. The van der Waals surface area contributed by atoms with Crippen molar-refractivity contribution in [1.82, 2.24) is 53.2 Å². The SMILES string of the molecule is CCCCCCCCCCC(=O)NCC(=O)N[C@@H](CC(C)C)C(=O)N[C@@H](CCCCN)C(=O)N[C@@H](CCCCN)C(=O)N[C@H](C(=O)N[C@H](C(=O)N[C@@H](CCCCN)C(=O)N[C@@H](CCCCN)C(=O)N[C@@H](CC(C)C)C(=O)N[C@@H](CC(C)C)C(N)=O)[C@@H](C)CC)[C@@H](C)CC. The Labute approximate surface area is 557 Å². The molecule has 0 aromatic carbocycles. The van der Waals surface area contributed by atoms with Crippen LogP contribution in [0.4, 0.5) is 0 Å². The van der Waals surface area contributed by atoms with Gasteiger partial charge in [0.15, 0.2) is 0 Å². The maximum Gasteiger partial charge on any atom is 0.243 e. The van der Waals surface area contributed by atoms with Gasteiger partial charge in [-0.2, -0.15) is 0 Å². The fourth-order valence-electron chi connectivity index (χ4n) is 10.6. The number of nitrogens with two attached hydrogens (primary N) is 5. The fraction of sp³-hybridized carbons (Fsp3) is 0.836. The van der Waals surface area contributed by atoms with Crippen molar-refractivity contribution in [3.63, 3.8) is 0 Å². The lowest BCUT2D eigenvalue weighted by atomic mass is 9.94. The number of unbranched alkanes of at least 4 members (excludes halogenated alkanes) is 11. The van der Waals surface area contributed by atoms with E-state index in [1.54, 1.807) is 13.8 Å². The molecule has 11 atom stereocenters. The predicted molar refractivity (Wildman–Crippen MR) is 366 cm³/mol. The summed E-state index contributed by atoms with van der Waals surface area (Å²) < 4.78 is 0. The summed E-state index contributed by atoms with van der Waals surface area (Å²) in [6.45, 7) is 21.5. The molecule has 0 aromatic rings. The first kappa shape index (κ1) is 87.0. The van der Waals surface area contributed by atoms with Gasteiger partial charge in [0.05, 0.1) is 6.54 Å². The maximum atomic E-state index is 14.7. The number of hydrogen-bond acceptors (Lipinski definition) is 15. The van der Waals surface area contributed by atoms with Crippen LogP contribution in [-0.4, -0.2) is 152 Å². The minimum absolute atomic E-state index is 0.0236. The molecule has 26 heteroatoms. The van der Waals surface area contributed by atoms with Crippen molar-refractivity contribution in [2.75, 3.05) is 32.7 Å². The second kappa shape index (κ2) is 51.4. The van der Waals surface area contributed by atoms with Crippen LogP contribution < -0.4 is 81.8 Å². The number of carbonyl (C=O) groups excluding carboxylic acids is 11. The molecule has 20 N–H and O–H groups in total. The minimum atomic E-state index is -1.24. The van der Waals surface area contributed by atoms with Gasteiger partial charge in [0.2, 0.25) is 65.0 Å². The van der Waals surface area contributed by atoms with Crippen LogP contribution >= 0.6 is 0 Å². The predicted octanol–water partition coefficient (Wildman–Crippen LogP) is 3.23. The van der Waals surface area contributed by atoms with Gasteiger partial charge in [-0.25, -0.2) is 0 Å². The largest absolute Gasteiger partial charge is 0.368 e. The third kappa shape index (κ3) is 38.8. The lowest BCUT2D eigenvalue weighted by Gasteiger charge is -2.31. The molecule has 0 aliphatic carbocycles. The summed E-state index contributed by atoms with van der Waals surface area (Å²) in [6, 6.07) is -10.4. The Morgan fingerprint density at radius 2 is 0.602 bits per heavy atom. The molecule has 93 heavy (non-hydrogen) atoms. The van der Waals surface area contributed by atoms with Crippen LogP contribution in [0.15, 0.2) is 0 Å². The van der Waals surface area contributed by atoms with Crippen molar-refractivity contribution in [3.05, 3.63) is 0 Å². The van der Waals surface area contributed by atoms with Gasteiger partial charge in [0.1, 0.15) is 54.4 Å². The Balaban J connectivity index is 6.83. The summed E-state index contributed by atoms with van der Waals surface area (Å²) in [7, 11) is 0. The standard InChI is InChI=1S/C67H129N15O11/c1-12-15-16-17-18-19-20-21-34-55(83)73-42-56(84)74-53(40-44(6)7)64(90)77-48(30-22-26-35-68)60(86)76-51(33-25-29-38-71)63(89)81-58(47(11)14-3)67(93)82-57(46(10)13-2)66(92)78-50(32-24-28-37-70)61(87)75-49(31-23-27-36-69)62(88)80-54(41-45(8)9)65(91)79-52(59(72)85)39-43(4)5/h43-54,57-58H,12-42,68-71H2,1-11H3,(H2,72,85)(H,73,83)(H,74,84)(H,75,87)(H,76,86)(H,77,90)(H,78,92)(H,79,91)(H,80,88)(H,81,89)(H,82,93)/t46-,47-,48-,49-,50-,51-,52-,53-,54-,57-,58-/m0/s1. The summed E-state index contributed by atoms with van der Waals surface area (Å²) in [5.41, 5.74) is 29.0. The monoisotopic (exact) mass is 1320 g/mol. The average molecular weight is 1320 g/mol. The number of nitrogens with one attached hydrogen (secondary N) is 10. The molecular weight excluding hydrogens is 1190 g/mol. The lowest BCUT2D eigenvalue weighted by Crippen LogP contribution is -2.62. The molecule has 0 spiro atoms. The highest BCUT2D eigenvalue weighted by Crippen LogP contribution is 2.17. The van der Waals surface area contributed by atoms with Gasteiger partial charge in [-0.3, -0.25) is 52.7 Å². The van der Waals surface area contributed by atoms with E-state index in [0.717, 1.165) is 19.3 Å². The van der Waals surface area contributed by atoms with Gasteiger partial charge >= 0.3 is 0 Å². The Hall–Kier alpha value is -5.99. The van der Waals surface area contributed by atoms with Crippen molar-refractivity contribution in [2.24, 2.45) is 58.3 Å². The number of hydrogen-bond donors (Lipinski definition) is 15. The molecule has 0 heterocycles. The summed E-state index contributed by atoms with van der Waals surface area (Å²) in [4.78, 5) is 153. The Morgan fingerprint density at radius 3 is 0.957 bits per heavy atom. The highest BCUT2D eigenvalue weighted by molar-refractivity contribution is 5.99. The highest BCUT2D eigenvalue weighted by Gasteiger charge is 2.38. The second-order valence-electron chi connectivity index (χ2n) is 26.7. The third-order valence-electron chi connectivity index (χ3n) is 16.7. The van der Waals surface area contributed by atoms with E-state index < -0.39 is 125 Å². The summed E-state index contributed by atoms with van der Waals surface area (Å²) in [5, 5.41) is 27.9. The molecule has 538 valence electrons. The lowest BCUT2D eigenvalue weighted by molar-refractivity contribution is -0.137. The Bertz CT molecular complexity index is 2210. The molecule has 0 fully saturated rings. The first-order valence-corrected chi connectivity index (χ1v) is 35.2. The summed E-state index contributed by atoms with van der Waals surface area (Å²) >= 11 is 0. The van der Waals surface area contributed by atoms with Crippen LogP contribution in [0.2, 0.25) is 0 Å². The zero-order valence-corrected chi connectivity index (χ0v) is 58.9. The topological polar surface area (TPSA) is 438 Å². The summed E-state index contributed by atoms with van der Waals surface area (Å²) in [5.74, 6) is -8.08. The van der Waals surface area contributed by atoms with E-state index in [1.807, 2.05) is 55.4 Å². The molecule has 0 aliphatic heterocycles. The van der Waals surface area contributed by atoms with Crippen molar-refractivity contribution in [3.8, 4) is 0 Å². The smallest absolute Gasteiger partial charge is 0.243 e. The molecule has 0 saturated heterocycles. The number of primary amides is 1. The van der Waals surface area contributed by atoms with E-state index in [-0.39, 0.29) is 81.6 Å². The van der Waals surface area contributed by atoms with E-state index in [0.29, 0.717) is 96.8 Å². The maximum absolute atomic E-state index is 14.7. The molecule has 0 rings (SSSR count). The van der Waals surface area contributed by atoms with Gasteiger partial charge < -0.3 is 81.8 Å². The number of carbonyl (C=O) groups is 11. The van der Waals surface area contributed by atoms with Crippen molar-refractivity contribution in [1.29, 1.82) is 0 Å². The van der Waals surface area contributed by atoms with E-state index in [4.69, 9.17) is 28.7 Å². The van der Waals surface area contributed by atoms with Crippen molar-refractivity contribution < 1.29 is 52.7 Å². The molecule has 0 aliphatic rings. The van der Waals surface area contributed by atoms with Crippen LogP contribution in [0, 0.1) is 29.6 Å². The minimum Gasteiger partial charge on any atom is -0.368 e. The molecule has 0 radical (unpaired) electrons. The molecule has 0 bridgehead atoms. The van der Waals surface area contributed by atoms with Crippen molar-refractivity contribution >= 4 is 65.0 Å². The zero-order chi connectivity index (χ0) is 70.4. The van der Waals surface area contributed by atoms with E-state index in [9.17, 15) is 52.7 Å². The van der Waals surface area contributed by atoms with E-state index in [1.165, 1.54) is 25.7 Å². The fourth-order valence-corrected chi connectivity index (χ4v) is 10.6. The zero-order valence-electron chi connectivity index (χ0n) is 58.9. The highest BCUT2D eigenvalue weighted by atomic mass is 16.2. The first-order chi connectivity index (χ1) is 44.1. The van der Waals surface area contributed by atoms with Crippen LogP contribution in [-0.2, 0) is 52.7 Å². The van der Waals surface area contributed by atoms with Gasteiger partial charge in [0, 0.05) is 6.42 Å². The Morgan fingerprint density at radius 1 is 0.312 bits per heavy atom. The normalized spacial score (nSPS) is 15.0. The molecule has 11 amide bonds. The average Bonchev–Trinajstić information content (AvgIpc) is 1.07. The number of rotatable bonds is 55. The van der Waals surface area contributed by atoms with E-state index >= 15 is 0 Å². The first-order valence-electron chi connectivity index (χ1n) is 35.2. The quantitative estimate of drug-likeness (QED) is 0.0389. The van der Waals surface area contributed by atoms with Gasteiger partial charge in [0.25, 0.3) is 0 Å². The molecule has 0 unspecified atom stereocenters. The van der Waals surface area contributed by atoms with Crippen molar-refractivity contribution in [2.45, 2.75) is 297 Å². The van der Waals surface area contributed by atoms with Crippen LogP contribution in [0.25, 0.3) is 0 Å². The van der Waals surface area contributed by atoms with Gasteiger partial charge in [-0.05, 0) is 159 Å². The molecular formula is C67H129N15O11. The van der Waals surface area contributed by atoms with E-state index in [2.05, 4.69) is 60.1 Å². The van der Waals surface area contributed by atoms with Crippen LogP contribution in [0.1, 0.15) is 243 Å². The molecule has 26 nitrogen and oxygen atoms in total. The summed E-state index contributed by atoms with van der Waals surface area (Å²) in [6.07, 6.45) is 14.5. The molecule has 0 aromatic heterocycles.